The number of aryl methyl sites for hydroxylation is 2. The number of fused-ring (bicyclic) bond motifs is 2. The summed E-state index contributed by atoms with van der Waals surface area (Å²) in [6.45, 7) is 8.13. The molecule has 1 amide bonds. The van der Waals surface area contributed by atoms with Gasteiger partial charge in [0.2, 0.25) is 0 Å². The molecule has 8 rings (SSSR count). The quantitative estimate of drug-likeness (QED) is 0.0231. The fourth-order valence-electron chi connectivity index (χ4n) is 7.75. The van der Waals surface area contributed by atoms with Crippen LogP contribution >= 0.6 is 23.2 Å². The first-order valence-corrected chi connectivity index (χ1v) is 26.8. The number of hydrogen-bond acceptors (Lipinski definition) is 15. The van der Waals surface area contributed by atoms with E-state index in [9.17, 15) is 46.1 Å². The van der Waals surface area contributed by atoms with Crippen molar-refractivity contribution in [3.63, 3.8) is 0 Å². The van der Waals surface area contributed by atoms with Gasteiger partial charge in [0, 0.05) is 28.6 Å². The zero-order chi connectivity index (χ0) is 54.9. The summed E-state index contributed by atoms with van der Waals surface area (Å²) in [7, 11) is -9.50. The Morgan fingerprint density at radius 3 is 1.61 bits per heavy atom. The van der Waals surface area contributed by atoms with Gasteiger partial charge in [-0.25, -0.2) is 0 Å². The average molecular weight is 1150 g/mol. The van der Waals surface area contributed by atoms with Crippen LogP contribution in [-0.4, -0.2) is 93.8 Å². The van der Waals surface area contributed by atoms with E-state index in [-0.39, 0.29) is 81.7 Å². The Bertz CT molecular complexity index is 3860. The monoisotopic (exact) mass is 1140 g/mol. The number of ether oxygens (including phenoxy) is 2. The SMILES string of the molecule is CCOc1cccc(N=C([O-])c2cc3ccccc3c(N=Nc3ccc(CC)c(Cl)c3S(=O)(=O)O)c2[O-])c1.CCOc1cccc(NC(=O)c2cc3ccccc3c(N=Nc3ccc(CC)c(Cl)c3S(=O)(=O)O)c2O)c1.[Ca+2]. The Morgan fingerprint density at radius 1 is 0.610 bits per heavy atom. The molecule has 77 heavy (non-hydrogen) atoms. The average Bonchev–Trinajstić information content (AvgIpc) is 3.39. The molecule has 8 aromatic rings. The van der Waals surface area contributed by atoms with Crippen molar-refractivity contribution in [2.75, 3.05) is 18.5 Å². The molecule has 18 nitrogen and oxygen atoms in total. The van der Waals surface area contributed by atoms with Gasteiger partial charge in [0.1, 0.15) is 38.4 Å². The van der Waals surface area contributed by atoms with E-state index < -0.39 is 53.3 Å². The first-order valence-electron chi connectivity index (χ1n) is 23.2. The van der Waals surface area contributed by atoms with Crippen LogP contribution in [0, 0.1) is 0 Å². The summed E-state index contributed by atoms with van der Waals surface area (Å²) in [4.78, 5) is 16.0. The Kier molecular flexibility index (Phi) is 20.2. The van der Waals surface area contributed by atoms with E-state index in [4.69, 9.17) is 32.7 Å². The van der Waals surface area contributed by atoms with Gasteiger partial charge in [-0.15, -0.1) is 15.3 Å². The van der Waals surface area contributed by atoms with Crippen molar-refractivity contribution in [3.8, 4) is 23.0 Å². The number of aliphatic imine (C=N–C) groups is 1. The van der Waals surface area contributed by atoms with Crippen molar-refractivity contribution in [3.05, 3.63) is 166 Å². The van der Waals surface area contributed by atoms with E-state index in [0.717, 1.165) is 0 Å². The van der Waals surface area contributed by atoms with Gasteiger partial charge >= 0.3 is 37.7 Å². The Balaban J connectivity index is 0.000000246. The summed E-state index contributed by atoms with van der Waals surface area (Å²) in [5.74, 6) is -1.50. The van der Waals surface area contributed by atoms with E-state index in [0.29, 0.717) is 81.6 Å². The first-order chi connectivity index (χ1) is 36.3. The molecule has 392 valence electrons. The maximum absolute atomic E-state index is 13.4. The molecule has 0 spiro atoms. The smallest absolute Gasteiger partial charge is 0.871 e. The third-order valence-electron chi connectivity index (χ3n) is 11.3. The van der Waals surface area contributed by atoms with E-state index in [1.807, 2.05) is 13.8 Å². The molecule has 0 fully saturated rings. The van der Waals surface area contributed by atoms with Crippen LogP contribution in [-0.2, 0) is 33.1 Å². The molecule has 0 atom stereocenters. The summed E-state index contributed by atoms with van der Waals surface area (Å²) < 4.78 is 78.7. The molecule has 0 heterocycles. The Hall–Kier alpha value is -6.72. The zero-order valence-electron chi connectivity index (χ0n) is 41.6. The van der Waals surface area contributed by atoms with E-state index >= 15 is 0 Å². The molecule has 23 heteroatoms. The largest absolute Gasteiger partial charge is 2.00 e. The summed E-state index contributed by atoms with van der Waals surface area (Å²) in [6.07, 6.45) is 0.837. The third-order valence-corrected chi connectivity index (χ3v) is 14.3. The van der Waals surface area contributed by atoms with Crippen molar-refractivity contribution < 1.29 is 55.5 Å². The van der Waals surface area contributed by atoms with E-state index in [2.05, 4.69) is 30.8 Å². The Labute approximate surface area is 483 Å². The summed E-state index contributed by atoms with van der Waals surface area (Å²) in [5.41, 5.74) is 0.695. The predicted molar refractivity (Wildman–Crippen MR) is 294 cm³/mol. The van der Waals surface area contributed by atoms with Crippen LogP contribution in [0.3, 0.4) is 0 Å². The minimum Gasteiger partial charge on any atom is -0.871 e. The van der Waals surface area contributed by atoms with Gasteiger partial charge in [0.05, 0.1) is 40.2 Å². The fraction of sp³-hybridized carbons (Fsp3) is 0.148. The number of phenols is 1. The number of carbonyl (C=O) groups is 1. The van der Waals surface area contributed by atoms with Gasteiger partial charge in [0.25, 0.3) is 26.1 Å². The number of azo groups is 2. The number of nitrogens with one attached hydrogen (secondary N) is 1. The number of anilines is 1. The molecule has 0 unspecified atom stereocenters. The van der Waals surface area contributed by atoms with Crippen molar-refractivity contribution in [1.82, 2.24) is 0 Å². The van der Waals surface area contributed by atoms with Crippen LogP contribution in [0.4, 0.5) is 34.1 Å². The number of aromatic hydroxyl groups is 1. The molecule has 0 aliphatic heterocycles. The second-order valence-corrected chi connectivity index (χ2v) is 19.7. The number of hydrogen-bond donors (Lipinski definition) is 4. The number of halogens is 2. The topological polar surface area (TPSA) is 284 Å². The van der Waals surface area contributed by atoms with Crippen LogP contribution in [0.25, 0.3) is 21.5 Å². The van der Waals surface area contributed by atoms with Crippen LogP contribution < -0.4 is 25.0 Å². The second kappa shape index (κ2) is 26.1. The van der Waals surface area contributed by atoms with Crippen molar-refractivity contribution in [2.24, 2.45) is 25.4 Å². The predicted octanol–water partition coefficient (Wildman–Crippen LogP) is 12.3. The fourth-order valence-corrected chi connectivity index (χ4v) is 10.4. The van der Waals surface area contributed by atoms with Crippen LogP contribution in [0.2, 0.25) is 10.0 Å². The Morgan fingerprint density at radius 2 is 1.09 bits per heavy atom. The molecule has 0 aliphatic carbocycles. The van der Waals surface area contributed by atoms with E-state index in [1.165, 1.54) is 24.3 Å². The molecule has 4 N–H and O–H groups in total. The molecular formula is C54H46CaCl2N6O12S2. The molecule has 0 aromatic heterocycles. The number of carbonyl (C=O) groups excluding carboxylic acids is 1. The van der Waals surface area contributed by atoms with Crippen LogP contribution in [0.5, 0.6) is 23.0 Å². The van der Waals surface area contributed by atoms with Gasteiger partial charge in [0.15, 0.2) is 5.75 Å². The van der Waals surface area contributed by atoms with Gasteiger partial charge < -0.3 is 30.1 Å². The van der Waals surface area contributed by atoms with Crippen molar-refractivity contribution in [1.29, 1.82) is 0 Å². The van der Waals surface area contributed by atoms with Crippen LogP contribution in [0.1, 0.15) is 54.7 Å². The number of phenolic OH excluding ortho intramolecular Hbond substituents is 1. The molecule has 0 bridgehead atoms. The molecule has 0 radical (unpaired) electrons. The molecular weight excluding hydrogens is 1100 g/mol. The van der Waals surface area contributed by atoms with Gasteiger partial charge in [-0.2, -0.15) is 21.9 Å². The summed E-state index contributed by atoms with van der Waals surface area (Å²) in [6, 6.07) is 35.8. The van der Waals surface area contributed by atoms with E-state index in [1.54, 1.807) is 123 Å². The first kappa shape index (κ1) is 59.5. The number of benzene rings is 8. The molecule has 0 saturated carbocycles. The van der Waals surface area contributed by atoms with Gasteiger partial charge in [-0.1, -0.05) is 116 Å². The standard InChI is InChI=1S/2C27H24ClN3O6S.Ca/c2*1-3-16-12-13-22(26(23(16)28)38(34,35)36)30-31-24-20-11-6-5-8-17(20)14-21(25(24)32)27(33)29-18-9-7-10-19(15-18)37-4-2;/h2*5-15,32H,3-4H2,1-2H3,(H,29,33)(H,34,35,36);/q;;+2/p-2. The molecule has 0 saturated heterocycles. The minimum atomic E-state index is -4.76. The minimum absolute atomic E-state index is 0. The van der Waals surface area contributed by atoms with Crippen molar-refractivity contribution in [2.45, 2.75) is 50.3 Å². The number of amides is 1. The van der Waals surface area contributed by atoms with Crippen LogP contribution in [0.15, 0.2) is 169 Å². The van der Waals surface area contributed by atoms with Gasteiger partial charge in [-0.3, -0.25) is 18.9 Å². The third kappa shape index (κ3) is 14.1. The normalized spacial score (nSPS) is 11.9. The summed E-state index contributed by atoms with van der Waals surface area (Å²) >= 11 is 12.4. The molecule has 8 aromatic carbocycles. The molecule has 0 aliphatic rings. The van der Waals surface area contributed by atoms with Gasteiger partial charge in [-0.05, 0) is 109 Å². The number of nitrogens with zero attached hydrogens (tertiary/aromatic N) is 5. The summed E-state index contributed by atoms with van der Waals surface area (Å²) in [5, 5.41) is 58.0. The second-order valence-electron chi connectivity index (χ2n) is 16.3. The number of rotatable bonds is 16. The maximum atomic E-state index is 13.4. The maximum Gasteiger partial charge on any atom is 2.00 e. The zero-order valence-corrected chi connectivity index (χ0v) is 46.9. The van der Waals surface area contributed by atoms with Crippen molar-refractivity contribution >= 4 is 149 Å².